The fourth-order valence-corrected chi connectivity index (χ4v) is 1.97. The third kappa shape index (κ3) is 4.27. The lowest BCUT2D eigenvalue weighted by Gasteiger charge is -2.21. The van der Waals surface area contributed by atoms with Gasteiger partial charge in [-0.1, -0.05) is 35.0 Å². The third-order valence-electron chi connectivity index (χ3n) is 2.99. The van der Waals surface area contributed by atoms with E-state index in [-0.39, 0.29) is 6.10 Å². The first-order chi connectivity index (χ1) is 9.88. The van der Waals surface area contributed by atoms with Gasteiger partial charge >= 0.3 is 0 Å². The highest BCUT2D eigenvalue weighted by Gasteiger charge is 2.28. The van der Waals surface area contributed by atoms with Crippen LogP contribution in [0.2, 0.25) is 5.02 Å². The molecular formula is C15H20ClN3O2. The summed E-state index contributed by atoms with van der Waals surface area (Å²) in [5, 5.41) is 4.63. The number of benzene rings is 1. The maximum Gasteiger partial charge on any atom is 0.231 e. The first-order valence-electron chi connectivity index (χ1n) is 6.85. The van der Waals surface area contributed by atoms with E-state index in [4.69, 9.17) is 26.6 Å². The van der Waals surface area contributed by atoms with Gasteiger partial charge in [0.05, 0.1) is 19.1 Å². The van der Waals surface area contributed by atoms with Crippen molar-refractivity contribution in [2.24, 2.45) is 5.73 Å². The van der Waals surface area contributed by atoms with E-state index >= 15 is 0 Å². The van der Waals surface area contributed by atoms with Gasteiger partial charge in [0.2, 0.25) is 5.89 Å². The fourth-order valence-electron chi connectivity index (χ4n) is 1.77. The zero-order valence-corrected chi connectivity index (χ0v) is 13.2. The minimum Gasteiger partial charge on any atom is -0.376 e. The summed E-state index contributed by atoms with van der Waals surface area (Å²) in [7, 11) is 0. The Morgan fingerprint density at radius 2 is 2.10 bits per heavy atom. The van der Waals surface area contributed by atoms with Crippen LogP contribution in [0.4, 0.5) is 0 Å². The number of nitrogens with two attached hydrogens (primary N) is 1. The third-order valence-corrected chi connectivity index (χ3v) is 3.36. The molecule has 1 heterocycles. The van der Waals surface area contributed by atoms with E-state index in [2.05, 4.69) is 10.1 Å². The number of ether oxygens (including phenoxy) is 1. The van der Waals surface area contributed by atoms with Crippen molar-refractivity contribution in [2.75, 3.05) is 6.61 Å². The molecule has 0 saturated heterocycles. The van der Waals surface area contributed by atoms with Crippen LogP contribution >= 0.6 is 11.6 Å². The first-order valence-corrected chi connectivity index (χ1v) is 7.23. The van der Waals surface area contributed by atoms with Gasteiger partial charge in [0.25, 0.3) is 0 Å². The normalized spacial score (nSPS) is 14.4. The lowest BCUT2D eigenvalue weighted by Crippen LogP contribution is -2.40. The van der Waals surface area contributed by atoms with Gasteiger partial charge in [-0.25, -0.2) is 0 Å². The first kappa shape index (κ1) is 15.9. The predicted molar refractivity (Wildman–Crippen MR) is 81.2 cm³/mol. The van der Waals surface area contributed by atoms with Crippen molar-refractivity contribution in [1.29, 1.82) is 0 Å². The number of nitrogens with zero attached hydrogens (tertiary/aromatic N) is 2. The predicted octanol–water partition coefficient (Wildman–Crippen LogP) is 2.91. The van der Waals surface area contributed by atoms with Crippen molar-refractivity contribution in [2.45, 2.75) is 38.8 Å². The minimum atomic E-state index is -0.785. The van der Waals surface area contributed by atoms with Gasteiger partial charge in [-0.3, -0.25) is 0 Å². The van der Waals surface area contributed by atoms with Crippen LogP contribution in [0.15, 0.2) is 28.8 Å². The molecule has 0 aliphatic heterocycles. The smallest absolute Gasteiger partial charge is 0.231 e. The standard InChI is InChI=1S/C15H20ClN3O2/c1-10(2)20-9-15(3,17)14-18-13(21-19-14)8-11-6-4-5-7-12(11)16/h4-7,10H,8-9,17H2,1-3H3. The molecule has 2 N–H and O–H groups in total. The van der Waals surface area contributed by atoms with E-state index in [1.807, 2.05) is 45.0 Å². The van der Waals surface area contributed by atoms with Crippen LogP contribution in [-0.2, 0) is 16.7 Å². The summed E-state index contributed by atoms with van der Waals surface area (Å²) in [5.41, 5.74) is 6.34. The molecule has 114 valence electrons. The van der Waals surface area contributed by atoms with E-state index in [0.29, 0.717) is 29.8 Å². The average Bonchev–Trinajstić information content (AvgIpc) is 2.89. The van der Waals surface area contributed by atoms with Crippen LogP contribution in [-0.4, -0.2) is 22.9 Å². The van der Waals surface area contributed by atoms with E-state index in [1.54, 1.807) is 0 Å². The zero-order valence-electron chi connectivity index (χ0n) is 12.5. The molecule has 6 heteroatoms. The van der Waals surface area contributed by atoms with Crippen molar-refractivity contribution >= 4 is 11.6 Å². The Hall–Kier alpha value is -1.43. The second kappa shape index (κ2) is 6.56. The summed E-state index contributed by atoms with van der Waals surface area (Å²) in [6.07, 6.45) is 0.579. The molecule has 0 bridgehead atoms. The molecule has 1 unspecified atom stereocenters. The summed E-state index contributed by atoms with van der Waals surface area (Å²) in [6, 6.07) is 7.56. The van der Waals surface area contributed by atoms with Gasteiger partial charge in [0.1, 0.15) is 5.54 Å². The molecule has 1 aromatic carbocycles. The number of rotatable bonds is 6. The van der Waals surface area contributed by atoms with E-state index in [1.165, 1.54) is 0 Å². The molecule has 1 aromatic heterocycles. The molecule has 0 aliphatic carbocycles. The van der Waals surface area contributed by atoms with Crippen LogP contribution < -0.4 is 5.73 Å². The summed E-state index contributed by atoms with van der Waals surface area (Å²) < 4.78 is 10.8. The number of hydrogen-bond donors (Lipinski definition) is 1. The summed E-state index contributed by atoms with van der Waals surface area (Å²) >= 11 is 6.12. The molecule has 0 fully saturated rings. The maximum atomic E-state index is 6.19. The van der Waals surface area contributed by atoms with Gasteiger partial charge in [0.15, 0.2) is 5.82 Å². The van der Waals surface area contributed by atoms with Crippen molar-refractivity contribution in [3.05, 3.63) is 46.6 Å². The maximum absolute atomic E-state index is 6.19. The molecule has 21 heavy (non-hydrogen) atoms. The summed E-state index contributed by atoms with van der Waals surface area (Å²) in [4.78, 5) is 4.35. The quantitative estimate of drug-likeness (QED) is 0.888. The van der Waals surface area contributed by atoms with Crippen molar-refractivity contribution in [3.8, 4) is 0 Å². The van der Waals surface area contributed by atoms with Crippen molar-refractivity contribution in [1.82, 2.24) is 10.1 Å². The summed E-state index contributed by atoms with van der Waals surface area (Å²) in [6.45, 7) is 6.06. The largest absolute Gasteiger partial charge is 0.376 e. The Morgan fingerprint density at radius 3 is 2.76 bits per heavy atom. The topological polar surface area (TPSA) is 74.2 Å². The second-order valence-electron chi connectivity index (χ2n) is 5.56. The van der Waals surface area contributed by atoms with Crippen LogP contribution in [0.3, 0.4) is 0 Å². The molecular weight excluding hydrogens is 290 g/mol. The zero-order chi connectivity index (χ0) is 15.5. The Balaban J connectivity index is 2.09. The number of hydrogen-bond acceptors (Lipinski definition) is 5. The lowest BCUT2D eigenvalue weighted by molar-refractivity contribution is 0.0410. The minimum absolute atomic E-state index is 0.0994. The Kier molecular flexibility index (Phi) is 4.98. The van der Waals surface area contributed by atoms with E-state index in [0.717, 1.165) is 5.56 Å². The summed E-state index contributed by atoms with van der Waals surface area (Å²) in [5.74, 6) is 0.921. The second-order valence-corrected chi connectivity index (χ2v) is 5.96. The van der Waals surface area contributed by atoms with Gasteiger partial charge in [-0.15, -0.1) is 0 Å². The van der Waals surface area contributed by atoms with E-state index < -0.39 is 5.54 Å². The van der Waals surface area contributed by atoms with Crippen LogP contribution in [0.1, 0.15) is 38.0 Å². The van der Waals surface area contributed by atoms with Crippen LogP contribution in [0, 0.1) is 0 Å². The molecule has 2 rings (SSSR count). The van der Waals surface area contributed by atoms with Crippen LogP contribution in [0.25, 0.3) is 0 Å². The van der Waals surface area contributed by atoms with Crippen molar-refractivity contribution in [3.63, 3.8) is 0 Å². The molecule has 5 nitrogen and oxygen atoms in total. The van der Waals surface area contributed by atoms with Gasteiger partial charge in [-0.05, 0) is 32.4 Å². The van der Waals surface area contributed by atoms with Gasteiger partial charge in [0, 0.05) is 5.02 Å². The molecule has 0 amide bonds. The van der Waals surface area contributed by atoms with Gasteiger partial charge in [-0.2, -0.15) is 4.98 Å². The SMILES string of the molecule is CC(C)OCC(C)(N)c1noc(Cc2ccccc2Cl)n1. The van der Waals surface area contributed by atoms with E-state index in [9.17, 15) is 0 Å². The molecule has 0 saturated carbocycles. The van der Waals surface area contributed by atoms with Gasteiger partial charge < -0.3 is 15.0 Å². The molecule has 1 atom stereocenters. The Morgan fingerprint density at radius 1 is 1.38 bits per heavy atom. The monoisotopic (exact) mass is 309 g/mol. The highest BCUT2D eigenvalue weighted by molar-refractivity contribution is 6.31. The van der Waals surface area contributed by atoms with Crippen molar-refractivity contribution < 1.29 is 9.26 Å². The Labute approximate surface area is 129 Å². The molecule has 0 spiro atoms. The molecule has 0 radical (unpaired) electrons. The highest BCUT2D eigenvalue weighted by Crippen LogP contribution is 2.20. The number of halogens is 1. The lowest BCUT2D eigenvalue weighted by atomic mass is 10.1. The fraction of sp³-hybridized carbons (Fsp3) is 0.467. The highest BCUT2D eigenvalue weighted by atomic mass is 35.5. The Bertz CT molecular complexity index is 596. The van der Waals surface area contributed by atoms with Crippen LogP contribution in [0.5, 0.6) is 0 Å². The average molecular weight is 310 g/mol. The number of aromatic nitrogens is 2. The molecule has 2 aromatic rings. The molecule has 0 aliphatic rings.